The Morgan fingerprint density at radius 3 is 2.90 bits per heavy atom. The van der Waals surface area contributed by atoms with Gasteiger partial charge in [-0.25, -0.2) is 4.98 Å². The Kier molecular flexibility index (Phi) is 2.63. The molecule has 0 saturated heterocycles. The maximum atomic E-state index is 12.4. The molecule has 0 aromatic carbocycles. The van der Waals surface area contributed by atoms with Crippen molar-refractivity contribution in [2.45, 2.75) is 12.4 Å². The second kappa shape index (κ2) is 4.22. The number of aromatic nitrogens is 2. The number of nitrogens with zero attached hydrogens (tertiary/aromatic N) is 3. The van der Waals surface area contributed by atoms with Gasteiger partial charge in [-0.05, 0) is 12.1 Å². The lowest BCUT2D eigenvalue weighted by atomic mass is 10.2. The van der Waals surface area contributed by atoms with Gasteiger partial charge in [0, 0.05) is 18.0 Å². The topological polar surface area (TPSA) is 68.0 Å². The summed E-state index contributed by atoms with van der Waals surface area (Å²) in [5, 5.41) is 5.50. The molecule has 104 valence electrons. The molecule has 0 spiro atoms. The van der Waals surface area contributed by atoms with Crippen molar-refractivity contribution in [1.82, 2.24) is 14.7 Å². The normalized spacial score (nSPS) is 18.6. The van der Waals surface area contributed by atoms with E-state index in [1.165, 1.54) is 18.3 Å². The number of rotatable bonds is 2. The first-order chi connectivity index (χ1) is 9.47. The molecule has 3 heterocycles. The fourth-order valence-corrected chi connectivity index (χ4v) is 1.77. The van der Waals surface area contributed by atoms with Crippen LogP contribution in [-0.2, 0) is 4.84 Å². The Balaban J connectivity index is 1.90. The zero-order valence-electron chi connectivity index (χ0n) is 9.76. The summed E-state index contributed by atoms with van der Waals surface area (Å²) < 4.78 is 38.9. The summed E-state index contributed by atoms with van der Waals surface area (Å²) in [6, 6.07) is 3.04. The van der Waals surface area contributed by atoms with E-state index in [-0.39, 0.29) is 11.5 Å². The Morgan fingerprint density at radius 2 is 2.25 bits per heavy atom. The van der Waals surface area contributed by atoms with Crippen molar-refractivity contribution in [1.29, 1.82) is 0 Å². The van der Waals surface area contributed by atoms with Gasteiger partial charge >= 0.3 is 6.18 Å². The predicted octanol–water partition coefficient (Wildman–Crippen LogP) is 1.32. The lowest BCUT2D eigenvalue weighted by Crippen LogP contribution is -2.41. The summed E-state index contributed by atoms with van der Waals surface area (Å²) in [7, 11) is 0. The minimum Gasteiger partial charge on any atom is -0.359 e. The number of carbonyl (C=O) groups excluding carboxylic acids is 1. The number of pyridine rings is 1. The summed E-state index contributed by atoms with van der Waals surface area (Å²) >= 11 is 0. The van der Waals surface area contributed by atoms with Gasteiger partial charge in [-0.3, -0.25) is 4.79 Å². The van der Waals surface area contributed by atoms with E-state index in [0.717, 1.165) is 0 Å². The molecule has 9 heteroatoms. The number of oxime groups is 1. The highest BCUT2D eigenvalue weighted by Crippen LogP contribution is 2.24. The van der Waals surface area contributed by atoms with Gasteiger partial charge in [0.2, 0.25) is 0 Å². The zero-order chi connectivity index (χ0) is 14.3. The van der Waals surface area contributed by atoms with Gasteiger partial charge in [0.05, 0.1) is 0 Å². The van der Waals surface area contributed by atoms with Gasteiger partial charge in [0.1, 0.15) is 11.3 Å². The largest absolute Gasteiger partial charge is 0.448 e. The van der Waals surface area contributed by atoms with Crippen molar-refractivity contribution in [2.75, 3.05) is 0 Å². The second-order valence-electron chi connectivity index (χ2n) is 4.08. The number of nitrogens with one attached hydrogen (secondary N) is 1. The molecule has 1 aliphatic heterocycles. The molecule has 0 amide bonds. The summed E-state index contributed by atoms with van der Waals surface area (Å²) in [6.07, 6.45) is -3.05. The number of halogens is 3. The molecule has 1 aliphatic rings. The predicted molar refractivity (Wildman–Crippen MR) is 61.2 cm³/mol. The Morgan fingerprint density at radius 1 is 1.45 bits per heavy atom. The molecule has 1 N–H and O–H groups in total. The average molecular weight is 284 g/mol. The van der Waals surface area contributed by atoms with Crippen molar-refractivity contribution in [3.05, 3.63) is 35.8 Å². The van der Waals surface area contributed by atoms with Crippen LogP contribution in [0.3, 0.4) is 0 Å². The fraction of sp³-hybridized carbons (Fsp3) is 0.182. The highest BCUT2D eigenvalue weighted by molar-refractivity contribution is 6.00. The number of aldehydes is 1. The third kappa shape index (κ3) is 2.06. The van der Waals surface area contributed by atoms with E-state index in [1.807, 2.05) is 0 Å². The molecule has 2 aromatic rings. The lowest BCUT2D eigenvalue weighted by molar-refractivity contribution is -0.218. The number of imidazole rings is 1. The first-order valence-electron chi connectivity index (χ1n) is 5.49. The molecule has 1 atom stereocenters. The van der Waals surface area contributed by atoms with E-state index in [4.69, 9.17) is 0 Å². The van der Waals surface area contributed by atoms with Crippen LogP contribution in [-0.4, -0.2) is 33.9 Å². The Labute approximate surface area is 109 Å². The highest BCUT2D eigenvalue weighted by Gasteiger charge is 2.45. The maximum Gasteiger partial charge on any atom is 0.448 e. The van der Waals surface area contributed by atoms with Crippen LogP contribution in [0.1, 0.15) is 16.1 Å². The quantitative estimate of drug-likeness (QED) is 0.844. The van der Waals surface area contributed by atoms with Crippen LogP contribution >= 0.6 is 0 Å². The van der Waals surface area contributed by atoms with Crippen LogP contribution in [0.5, 0.6) is 0 Å². The molecule has 0 bridgehead atoms. The molecule has 3 rings (SSSR count). The molecule has 0 radical (unpaired) electrons. The van der Waals surface area contributed by atoms with Gasteiger partial charge in [0.25, 0.3) is 6.23 Å². The van der Waals surface area contributed by atoms with Crippen LogP contribution in [0.4, 0.5) is 13.2 Å². The van der Waals surface area contributed by atoms with Crippen molar-refractivity contribution < 1.29 is 22.8 Å². The zero-order valence-corrected chi connectivity index (χ0v) is 9.76. The summed E-state index contributed by atoms with van der Waals surface area (Å²) in [5.41, 5.74) is 1.03. The Hall–Kier alpha value is -2.58. The SMILES string of the molecule is O=Cc1cn2ccc(C3=NOC(C(F)(F)F)N3)cc2n1. The van der Waals surface area contributed by atoms with E-state index in [2.05, 4.69) is 20.3 Å². The van der Waals surface area contributed by atoms with Gasteiger partial charge in [-0.1, -0.05) is 5.16 Å². The third-order valence-electron chi connectivity index (χ3n) is 2.69. The summed E-state index contributed by atoms with van der Waals surface area (Å²) in [5.74, 6) is -0.0366. The first kappa shape index (κ1) is 12.5. The molecule has 20 heavy (non-hydrogen) atoms. The number of amidine groups is 1. The fourth-order valence-electron chi connectivity index (χ4n) is 1.77. The minimum absolute atomic E-state index is 0.0366. The van der Waals surface area contributed by atoms with Gasteiger partial charge < -0.3 is 14.6 Å². The first-order valence-corrected chi connectivity index (χ1v) is 5.49. The number of carbonyl (C=O) groups is 1. The van der Waals surface area contributed by atoms with Crippen LogP contribution in [0.25, 0.3) is 5.65 Å². The number of hydrogen-bond donors (Lipinski definition) is 1. The van der Waals surface area contributed by atoms with E-state index in [1.54, 1.807) is 10.6 Å². The number of fused-ring (bicyclic) bond motifs is 1. The molecular weight excluding hydrogens is 277 g/mol. The number of alkyl halides is 3. The average Bonchev–Trinajstić information content (AvgIpc) is 3.03. The molecule has 0 saturated carbocycles. The van der Waals surface area contributed by atoms with E-state index in [0.29, 0.717) is 17.5 Å². The maximum absolute atomic E-state index is 12.4. The van der Waals surface area contributed by atoms with E-state index in [9.17, 15) is 18.0 Å². The van der Waals surface area contributed by atoms with Crippen molar-refractivity contribution >= 4 is 17.8 Å². The van der Waals surface area contributed by atoms with Gasteiger partial charge in [-0.2, -0.15) is 13.2 Å². The van der Waals surface area contributed by atoms with E-state index >= 15 is 0 Å². The Bertz CT molecular complexity index is 707. The smallest absolute Gasteiger partial charge is 0.359 e. The van der Waals surface area contributed by atoms with Gasteiger partial charge in [0.15, 0.2) is 12.1 Å². The molecule has 2 aromatic heterocycles. The molecule has 0 fully saturated rings. The lowest BCUT2D eigenvalue weighted by Gasteiger charge is -2.13. The summed E-state index contributed by atoms with van der Waals surface area (Å²) in [6.45, 7) is 0. The minimum atomic E-state index is -4.55. The molecule has 6 nitrogen and oxygen atoms in total. The molecule has 0 aliphatic carbocycles. The van der Waals surface area contributed by atoms with Crippen molar-refractivity contribution in [2.24, 2.45) is 5.16 Å². The van der Waals surface area contributed by atoms with Crippen molar-refractivity contribution in [3.63, 3.8) is 0 Å². The second-order valence-corrected chi connectivity index (χ2v) is 4.08. The van der Waals surface area contributed by atoms with Crippen LogP contribution in [0.2, 0.25) is 0 Å². The monoisotopic (exact) mass is 284 g/mol. The van der Waals surface area contributed by atoms with Gasteiger partial charge in [-0.15, -0.1) is 0 Å². The van der Waals surface area contributed by atoms with Crippen LogP contribution in [0, 0.1) is 0 Å². The third-order valence-corrected chi connectivity index (χ3v) is 2.69. The van der Waals surface area contributed by atoms with Crippen molar-refractivity contribution in [3.8, 4) is 0 Å². The highest BCUT2D eigenvalue weighted by atomic mass is 19.4. The van der Waals surface area contributed by atoms with Crippen LogP contribution in [0.15, 0.2) is 29.7 Å². The van der Waals surface area contributed by atoms with E-state index < -0.39 is 12.4 Å². The number of hydrogen-bond acceptors (Lipinski definition) is 5. The molecule has 1 unspecified atom stereocenters. The summed E-state index contributed by atoms with van der Waals surface area (Å²) in [4.78, 5) is 18.9. The molecular formula is C11H7F3N4O2. The standard InChI is InChI=1S/C11H7F3N4O2/c12-11(13,14)10-16-9(17-20-10)6-1-2-18-4-7(5-19)15-8(18)3-6/h1-5,10H,(H,16,17). The van der Waals surface area contributed by atoms with Crippen LogP contribution < -0.4 is 5.32 Å².